The molecule has 0 bridgehead atoms. The van der Waals surface area contributed by atoms with E-state index in [1.165, 1.54) is 13.2 Å². The summed E-state index contributed by atoms with van der Waals surface area (Å²) in [5.41, 5.74) is 9.14. The van der Waals surface area contributed by atoms with Crippen LogP contribution in [-0.2, 0) is 0 Å². The second-order valence-electron chi connectivity index (χ2n) is 7.76. The van der Waals surface area contributed by atoms with Gasteiger partial charge in [-0.1, -0.05) is 0 Å². The van der Waals surface area contributed by atoms with Crippen molar-refractivity contribution in [3.05, 3.63) is 47.9 Å². The summed E-state index contributed by atoms with van der Waals surface area (Å²) in [4.78, 5) is 19.4. The van der Waals surface area contributed by atoms with Gasteiger partial charge >= 0.3 is 0 Å². The van der Waals surface area contributed by atoms with Crippen molar-refractivity contribution in [3.63, 3.8) is 0 Å². The first-order valence-corrected chi connectivity index (χ1v) is 10.1. The molecular formula is C22H26N6O3. The van der Waals surface area contributed by atoms with Crippen molar-refractivity contribution in [2.45, 2.75) is 18.8 Å². The highest BCUT2D eigenvalue weighted by atomic mass is 16.5. The lowest BCUT2D eigenvalue weighted by Gasteiger charge is -2.28. The Morgan fingerprint density at radius 1 is 1.32 bits per heavy atom. The van der Waals surface area contributed by atoms with Crippen molar-refractivity contribution in [1.82, 2.24) is 20.1 Å². The molecule has 0 saturated carbocycles. The van der Waals surface area contributed by atoms with E-state index in [2.05, 4.69) is 32.4 Å². The maximum atomic E-state index is 12.9. The number of hydrogen-bond donors (Lipinski definition) is 4. The number of nitrogens with two attached hydrogens (primary N) is 1. The van der Waals surface area contributed by atoms with E-state index in [-0.39, 0.29) is 22.8 Å². The Morgan fingerprint density at radius 3 is 2.81 bits per heavy atom. The fourth-order valence-electron chi connectivity index (χ4n) is 3.86. The minimum Gasteiger partial charge on any atom is -0.506 e. The van der Waals surface area contributed by atoms with Crippen LogP contribution in [0.2, 0.25) is 0 Å². The fraction of sp³-hybridized carbons (Fsp3) is 0.318. The van der Waals surface area contributed by atoms with Crippen LogP contribution in [0.3, 0.4) is 0 Å². The van der Waals surface area contributed by atoms with Gasteiger partial charge in [0, 0.05) is 35.5 Å². The molecule has 0 aliphatic carbocycles. The summed E-state index contributed by atoms with van der Waals surface area (Å²) in [7, 11) is 3.62. The summed E-state index contributed by atoms with van der Waals surface area (Å²) >= 11 is 0. The number of phenols is 1. The molecule has 31 heavy (non-hydrogen) atoms. The van der Waals surface area contributed by atoms with Crippen molar-refractivity contribution in [2.75, 3.05) is 38.3 Å². The molecule has 9 nitrogen and oxygen atoms in total. The van der Waals surface area contributed by atoms with Gasteiger partial charge in [0.05, 0.1) is 24.1 Å². The number of nitrogen functional groups attached to an aromatic ring is 1. The first-order valence-electron chi connectivity index (χ1n) is 10.1. The average molecular weight is 422 g/mol. The quantitative estimate of drug-likeness (QED) is 0.465. The van der Waals surface area contributed by atoms with Crippen LogP contribution < -0.4 is 15.8 Å². The molecule has 0 radical (unpaired) electrons. The molecule has 1 aromatic carbocycles. The van der Waals surface area contributed by atoms with Gasteiger partial charge in [-0.3, -0.25) is 9.89 Å². The maximum Gasteiger partial charge on any atom is 0.259 e. The predicted octanol–water partition coefficient (Wildman–Crippen LogP) is 2.83. The van der Waals surface area contributed by atoms with Gasteiger partial charge in [0.25, 0.3) is 5.91 Å². The third-order valence-electron chi connectivity index (χ3n) is 5.70. The maximum absolute atomic E-state index is 12.9. The predicted molar refractivity (Wildman–Crippen MR) is 118 cm³/mol. The fourth-order valence-corrected chi connectivity index (χ4v) is 3.86. The normalized spacial score (nSPS) is 15.0. The number of piperidine rings is 1. The van der Waals surface area contributed by atoms with Crippen molar-refractivity contribution < 1.29 is 14.6 Å². The summed E-state index contributed by atoms with van der Waals surface area (Å²) in [6.07, 6.45) is 5.54. The highest BCUT2D eigenvalue weighted by molar-refractivity contribution is 6.08. The van der Waals surface area contributed by atoms with Gasteiger partial charge in [-0.15, -0.1) is 0 Å². The Bertz CT molecular complexity index is 1090. The minimum atomic E-state index is -0.461. The minimum absolute atomic E-state index is 0.102. The van der Waals surface area contributed by atoms with Gasteiger partial charge in [-0.2, -0.15) is 5.10 Å². The van der Waals surface area contributed by atoms with E-state index in [1.807, 2.05) is 6.20 Å². The molecule has 3 aromatic rings. The van der Waals surface area contributed by atoms with Crippen LogP contribution in [-0.4, -0.2) is 58.3 Å². The number of rotatable bonds is 5. The van der Waals surface area contributed by atoms with Gasteiger partial charge in [0.15, 0.2) is 0 Å². The Morgan fingerprint density at radius 2 is 2.10 bits per heavy atom. The van der Waals surface area contributed by atoms with Crippen LogP contribution in [0.15, 0.2) is 36.7 Å². The first-order chi connectivity index (χ1) is 15.0. The second-order valence-corrected chi connectivity index (χ2v) is 7.76. The SMILES string of the molecule is COc1ccc(NC(=O)c2cc(-c3c[nH]nc3C3CCN(C)CC3)cnc2N)c(O)c1. The smallest absolute Gasteiger partial charge is 0.259 e. The Balaban J connectivity index is 1.60. The molecule has 1 fully saturated rings. The number of amides is 1. The number of H-pyrrole nitrogens is 1. The number of aromatic nitrogens is 3. The lowest BCUT2D eigenvalue weighted by molar-refractivity contribution is 0.102. The Labute approximate surface area is 180 Å². The third kappa shape index (κ3) is 4.31. The summed E-state index contributed by atoms with van der Waals surface area (Å²) < 4.78 is 5.07. The number of nitrogens with one attached hydrogen (secondary N) is 2. The van der Waals surface area contributed by atoms with E-state index in [9.17, 15) is 9.90 Å². The number of methoxy groups -OCH3 is 1. The Hall–Kier alpha value is -3.59. The van der Waals surface area contributed by atoms with E-state index < -0.39 is 5.91 Å². The molecule has 3 heterocycles. The van der Waals surface area contributed by atoms with Crippen LogP contribution in [0.25, 0.3) is 11.1 Å². The highest BCUT2D eigenvalue weighted by Gasteiger charge is 2.24. The summed E-state index contributed by atoms with van der Waals surface area (Å²) in [6, 6.07) is 6.34. The molecule has 1 saturated heterocycles. The van der Waals surface area contributed by atoms with Crippen LogP contribution >= 0.6 is 0 Å². The molecule has 1 amide bonds. The molecular weight excluding hydrogens is 396 g/mol. The van der Waals surface area contributed by atoms with Crippen molar-refractivity contribution >= 4 is 17.4 Å². The summed E-state index contributed by atoms with van der Waals surface area (Å²) in [6.45, 7) is 2.05. The number of benzene rings is 1. The van der Waals surface area contributed by atoms with Crippen LogP contribution in [0.4, 0.5) is 11.5 Å². The second kappa shape index (κ2) is 8.65. The number of aromatic hydroxyl groups is 1. The number of likely N-dealkylation sites (tertiary alicyclic amines) is 1. The lowest BCUT2D eigenvalue weighted by atomic mass is 9.90. The Kier molecular flexibility index (Phi) is 5.77. The zero-order valence-corrected chi connectivity index (χ0v) is 17.6. The lowest BCUT2D eigenvalue weighted by Crippen LogP contribution is -2.29. The van der Waals surface area contributed by atoms with E-state index >= 15 is 0 Å². The zero-order valence-electron chi connectivity index (χ0n) is 17.6. The monoisotopic (exact) mass is 422 g/mol. The standard InChI is InChI=1S/C22H26N6O3/c1-28-7-5-13(6-8-28)20-17(12-25-27-20)14-9-16(21(23)24-11-14)22(30)26-18-4-3-15(31-2)10-19(18)29/h3-4,9-13,29H,5-8H2,1-2H3,(H2,23,24)(H,25,27)(H,26,30). The number of carbonyl (C=O) groups is 1. The number of aromatic amines is 1. The molecule has 0 unspecified atom stereocenters. The first kappa shape index (κ1) is 20.7. The van der Waals surface area contributed by atoms with E-state index in [0.717, 1.165) is 42.8 Å². The number of nitrogens with zero attached hydrogens (tertiary/aromatic N) is 3. The highest BCUT2D eigenvalue weighted by Crippen LogP contribution is 2.34. The molecule has 2 aromatic heterocycles. The topological polar surface area (TPSA) is 129 Å². The molecule has 1 aliphatic heterocycles. The van der Waals surface area contributed by atoms with Gasteiger partial charge in [-0.25, -0.2) is 4.98 Å². The number of anilines is 2. The van der Waals surface area contributed by atoms with Gasteiger partial charge in [-0.05, 0) is 51.2 Å². The summed E-state index contributed by atoms with van der Waals surface area (Å²) in [5, 5.41) is 20.3. The molecule has 4 rings (SSSR count). The van der Waals surface area contributed by atoms with Gasteiger partial charge in [0.2, 0.25) is 0 Å². The number of phenolic OH excluding ortho intramolecular Hbond substituents is 1. The van der Waals surface area contributed by atoms with Gasteiger partial charge < -0.3 is 25.8 Å². The number of carbonyl (C=O) groups excluding carboxylic acids is 1. The number of ether oxygens (including phenoxy) is 1. The van der Waals surface area contributed by atoms with Crippen molar-refractivity contribution in [3.8, 4) is 22.6 Å². The molecule has 1 aliphatic rings. The average Bonchev–Trinajstić information content (AvgIpc) is 3.25. The zero-order chi connectivity index (χ0) is 22.0. The van der Waals surface area contributed by atoms with Crippen molar-refractivity contribution in [2.24, 2.45) is 0 Å². The van der Waals surface area contributed by atoms with E-state index in [0.29, 0.717) is 11.7 Å². The largest absolute Gasteiger partial charge is 0.506 e. The van der Waals surface area contributed by atoms with Gasteiger partial charge in [0.1, 0.15) is 17.3 Å². The molecule has 0 atom stereocenters. The van der Waals surface area contributed by atoms with E-state index in [1.54, 1.807) is 24.4 Å². The van der Waals surface area contributed by atoms with Crippen LogP contribution in [0.5, 0.6) is 11.5 Å². The number of pyridine rings is 1. The number of hydrogen-bond acceptors (Lipinski definition) is 7. The van der Waals surface area contributed by atoms with Crippen molar-refractivity contribution in [1.29, 1.82) is 0 Å². The van der Waals surface area contributed by atoms with E-state index in [4.69, 9.17) is 10.5 Å². The molecule has 0 spiro atoms. The summed E-state index contributed by atoms with van der Waals surface area (Å²) in [5.74, 6) is 0.383. The molecule has 162 valence electrons. The molecule has 5 N–H and O–H groups in total. The van der Waals surface area contributed by atoms with Crippen LogP contribution in [0, 0.1) is 0 Å². The molecule has 9 heteroatoms. The third-order valence-corrected chi connectivity index (χ3v) is 5.70. The van der Waals surface area contributed by atoms with Crippen LogP contribution in [0.1, 0.15) is 34.8 Å².